The van der Waals surface area contributed by atoms with Gasteiger partial charge in [-0.25, -0.2) is 4.79 Å². The zero-order valence-electron chi connectivity index (χ0n) is 15.4. The number of carbonyl (C=O) groups is 3. The molecule has 1 saturated carbocycles. The van der Waals surface area contributed by atoms with Crippen molar-refractivity contribution in [3.05, 3.63) is 35.6 Å². The Morgan fingerprint density at radius 2 is 1.96 bits per heavy atom. The third-order valence-corrected chi connectivity index (χ3v) is 4.70. The number of aryl methyl sites for hydroxylation is 1. The second kappa shape index (κ2) is 8.70. The third kappa shape index (κ3) is 5.32. The Balaban J connectivity index is 1.42. The minimum Gasteiger partial charge on any atom is -0.464 e. The third-order valence-electron chi connectivity index (χ3n) is 4.70. The van der Waals surface area contributed by atoms with E-state index in [4.69, 9.17) is 9.15 Å². The standard InChI is InChI=1S/C20H24N2O5/c1-13-7-8-16-14(11-26-17(16)9-13)10-19(24)27-12-18(23)22-20(25)21-15-5-3-2-4-6-15/h7-9,11,15H,2-6,10,12H2,1H3,(H2,21,22,23,25). The summed E-state index contributed by atoms with van der Waals surface area (Å²) in [6.45, 7) is 1.46. The molecule has 7 heteroatoms. The van der Waals surface area contributed by atoms with Crippen LogP contribution in [0.5, 0.6) is 0 Å². The molecule has 3 amide bonds. The summed E-state index contributed by atoms with van der Waals surface area (Å²) in [5.74, 6) is -1.20. The van der Waals surface area contributed by atoms with Crippen LogP contribution in [0.4, 0.5) is 4.79 Å². The van der Waals surface area contributed by atoms with Crippen molar-refractivity contribution in [3.8, 4) is 0 Å². The molecule has 1 aromatic carbocycles. The van der Waals surface area contributed by atoms with Crippen molar-refractivity contribution in [3.63, 3.8) is 0 Å². The van der Waals surface area contributed by atoms with Crippen molar-refractivity contribution < 1.29 is 23.5 Å². The van der Waals surface area contributed by atoms with Gasteiger partial charge in [0.1, 0.15) is 5.58 Å². The lowest BCUT2D eigenvalue weighted by Crippen LogP contribution is -2.46. The predicted octanol–water partition coefficient (Wildman–Crippen LogP) is 2.99. The summed E-state index contributed by atoms with van der Waals surface area (Å²) >= 11 is 0. The van der Waals surface area contributed by atoms with Crippen LogP contribution in [0.15, 0.2) is 28.9 Å². The molecule has 1 aliphatic carbocycles. The molecule has 27 heavy (non-hydrogen) atoms. The highest BCUT2D eigenvalue weighted by Gasteiger charge is 2.18. The lowest BCUT2D eigenvalue weighted by molar-refractivity contribution is -0.147. The van der Waals surface area contributed by atoms with Gasteiger partial charge in [-0.2, -0.15) is 0 Å². The van der Waals surface area contributed by atoms with Gasteiger partial charge in [-0.05, 0) is 31.4 Å². The van der Waals surface area contributed by atoms with Crippen LogP contribution in [0.3, 0.4) is 0 Å². The minimum absolute atomic E-state index is 0.00237. The van der Waals surface area contributed by atoms with E-state index in [1.54, 1.807) is 0 Å². The number of rotatable bonds is 5. The fourth-order valence-corrected chi connectivity index (χ4v) is 3.31. The second-order valence-corrected chi connectivity index (χ2v) is 6.95. The largest absolute Gasteiger partial charge is 0.464 e. The van der Waals surface area contributed by atoms with Crippen LogP contribution >= 0.6 is 0 Å². The van der Waals surface area contributed by atoms with Crippen LogP contribution in [-0.2, 0) is 20.7 Å². The average molecular weight is 372 g/mol. The number of esters is 1. The van der Waals surface area contributed by atoms with E-state index in [0.29, 0.717) is 11.1 Å². The second-order valence-electron chi connectivity index (χ2n) is 6.95. The molecule has 0 radical (unpaired) electrons. The SMILES string of the molecule is Cc1ccc2c(CC(=O)OCC(=O)NC(=O)NC3CCCCC3)coc2c1. The Morgan fingerprint density at radius 3 is 2.74 bits per heavy atom. The maximum absolute atomic E-state index is 12.0. The van der Waals surface area contributed by atoms with E-state index < -0.39 is 24.5 Å². The number of fused-ring (bicyclic) bond motifs is 1. The van der Waals surface area contributed by atoms with E-state index in [9.17, 15) is 14.4 Å². The van der Waals surface area contributed by atoms with E-state index in [-0.39, 0.29) is 12.5 Å². The smallest absolute Gasteiger partial charge is 0.321 e. The predicted molar refractivity (Wildman–Crippen MR) is 99.2 cm³/mol. The van der Waals surface area contributed by atoms with Gasteiger partial charge < -0.3 is 14.5 Å². The summed E-state index contributed by atoms with van der Waals surface area (Å²) in [6, 6.07) is 5.28. The highest BCUT2D eigenvalue weighted by Crippen LogP contribution is 2.23. The van der Waals surface area contributed by atoms with E-state index >= 15 is 0 Å². The van der Waals surface area contributed by atoms with Gasteiger partial charge in [-0.3, -0.25) is 14.9 Å². The molecule has 0 saturated heterocycles. The molecule has 0 unspecified atom stereocenters. The average Bonchev–Trinajstić information content (AvgIpc) is 3.02. The quantitative estimate of drug-likeness (QED) is 0.787. The van der Waals surface area contributed by atoms with Crippen molar-refractivity contribution in [2.75, 3.05) is 6.61 Å². The van der Waals surface area contributed by atoms with Crippen molar-refractivity contribution in [2.24, 2.45) is 0 Å². The molecule has 1 aliphatic rings. The Hall–Kier alpha value is -2.83. The van der Waals surface area contributed by atoms with E-state index in [1.165, 1.54) is 12.7 Å². The molecular weight excluding hydrogens is 348 g/mol. The van der Waals surface area contributed by atoms with Gasteiger partial charge in [0.25, 0.3) is 5.91 Å². The van der Waals surface area contributed by atoms with Crippen LogP contribution in [0.1, 0.15) is 43.2 Å². The lowest BCUT2D eigenvalue weighted by Gasteiger charge is -2.22. The first kappa shape index (κ1) is 18.9. The molecular formula is C20H24N2O5. The number of ether oxygens (including phenoxy) is 1. The maximum Gasteiger partial charge on any atom is 0.321 e. The summed E-state index contributed by atoms with van der Waals surface area (Å²) in [5.41, 5.74) is 2.47. The van der Waals surface area contributed by atoms with E-state index in [0.717, 1.165) is 36.6 Å². The molecule has 1 fully saturated rings. The van der Waals surface area contributed by atoms with Gasteiger partial charge >= 0.3 is 12.0 Å². The molecule has 0 atom stereocenters. The first-order valence-electron chi connectivity index (χ1n) is 9.24. The number of nitrogens with one attached hydrogen (secondary N) is 2. The van der Waals surface area contributed by atoms with Crippen molar-refractivity contribution in [1.29, 1.82) is 0 Å². The molecule has 2 aromatic rings. The molecule has 3 rings (SSSR count). The fourth-order valence-electron chi connectivity index (χ4n) is 3.31. The molecule has 1 heterocycles. The monoisotopic (exact) mass is 372 g/mol. The maximum atomic E-state index is 12.0. The zero-order chi connectivity index (χ0) is 19.2. The highest BCUT2D eigenvalue weighted by molar-refractivity contribution is 5.96. The van der Waals surface area contributed by atoms with Gasteiger partial charge in [-0.15, -0.1) is 0 Å². The van der Waals surface area contributed by atoms with Crippen molar-refractivity contribution in [1.82, 2.24) is 10.6 Å². The summed E-state index contributed by atoms with van der Waals surface area (Å²) < 4.78 is 10.4. The van der Waals surface area contributed by atoms with E-state index in [2.05, 4.69) is 10.6 Å². The van der Waals surface area contributed by atoms with Gasteiger partial charge in [-0.1, -0.05) is 31.4 Å². The molecule has 2 N–H and O–H groups in total. The number of hydrogen-bond acceptors (Lipinski definition) is 5. The molecule has 144 valence electrons. The Kier molecular flexibility index (Phi) is 6.11. The summed E-state index contributed by atoms with van der Waals surface area (Å²) in [7, 11) is 0. The number of imide groups is 1. The van der Waals surface area contributed by atoms with Crippen LogP contribution in [0.2, 0.25) is 0 Å². The summed E-state index contributed by atoms with van der Waals surface area (Å²) in [4.78, 5) is 35.6. The van der Waals surface area contributed by atoms with Gasteiger partial charge in [0, 0.05) is 17.0 Å². The zero-order valence-corrected chi connectivity index (χ0v) is 15.4. The minimum atomic E-state index is -0.649. The lowest BCUT2D eigenvalue weighted by atomic mass is 9.96. The number of carbonyl (C=O) groups excluding carboxylic acids is 3. The first-order valence-corrected chi connectivity index (χ1v) is 9.24. The Labute approximate surface area is 157 Å². The number of urea groups is 1. The van der Waals surface area contributed by atoms with Gasteiger partial charge in [0.2, 0.25) is 0 Å². The molecule has 0 spiro atoms. The van der Waals surface area contributed by atoms with Crippen molar-refractivity contribution in [2.45, 2.75) is 51.5 Å². The van der Waals surface area contributed by atoms with Crippen LogP contribution in [0, 0.1) is 6.92 Å². The van der Waals surface area contributed by atoms with E-state index in [1.807, 2.05) is 25.1 Å². The molecule has 0 bridgehead atoms. The highest BCUT2D eigenvalue weighted by atomic mass is 16.5. The molecule has 0 aliphatic heterocycles. The number of hydrogen-bond donors (Lipinski definition) is 2. The normalized spacial score (nSPS) is 14.7. The number of amides is 3. The number of benzene rings is 1. The fraction of sp³-hybridized carbons (Fsp3) is 0.450. The Morgan fingerprint density at radius 1 is 1.19 bits per heavy atom. The summed E-state index contributed by atoms with van der Waals surface area (Å²) in [5, 5.41) is 5.81. The topological polar surface area (TPSA) is 97.6 Å². The van der Waals surface area contributed by atoms with Crippen molar-refractivity contribution >= 4 is 28.9 Å². The Bertz CT molecular complexity index is 836. The molecule has 1 aromatic heterocycles. The summed E-state index contributed by atoms with van der Waals surface area (Å²) in [6.07, 6.45) is 6.71. The van der Waals surface area contributed by atoms with Crippen LogP contribution in [-0.4, -0.2) is 30.6 Å². The molecule has 7 nitrogen and oxygen atoms in total. The van der Waals surface area contributed by atoms with Crippen LogP contribution < -0.4 is 10.6 Å². The van der Waals surface area contributed by atoms with Gasteiger partial charge in [0.05, 0.1) is 12.7 Å². The number of furan rings is 1. The van der Waals surface area contributed by atoms with Crippen LogP contribution in [0.25, 0.3) is 11.0 Å². The first-order chi connectivity index (χ1) is 13.0. The van der Waals surface area contributed by atoms with Gasteiger partial charge in [0.15, 0.2) is 6.61 Å².